The summed E-state index contributed by atoms with van der Waals surface area (Å²) in [7, 11) is -2.56. The highest BCUT2D eigenvalue weighted by Gasteiger charge is 2.20. The zero-order valence-corrected chi connectivity index (χ0v) is 18.9. The Morgan fingerprint density at radius 1 is 0.968 bits per heavy atom. The largest absolute Gasteiger partial charge is 0.495 e. The van der Waals surface area contributed by atoms with Gasteiger partial charge in [-0.1, -0.05) is 53.5 Å². The van der Waals surface area contributed by atoms with Gasteiger partial charge in [-0.15, -0.1) is 0 Å². The molecule has 0 aliphatic carbocycles. The molecule has 0 bridgehead atoms. The summed E-state index contributed by atoms with van der Waals surface area (Å²) in [5.41, 5.74) is 2.14. The van der Waals surface area contributed by atoms with Crippen LogP contribution in [0.15, 0.2) is 71.6 Å². The number of hydrogen-bond acceptors (Lipinski definition) is 4. The van der Waals surface area contributed by atoms with Crippen LogP contribution in [0.4, 0.5) is 5.69 Å². The van der Waals surface area contributed by atoms with Crippen molar-refractivity contribution in [1.29, 1.82) is 0 Å². The molecule has 2 N–H and O–H groups in total. The Kier molecular flexibility index (Phi) is 7.56. The lowest BCUT2D eigenvalue weighted by Crippen LogP contribution is -2.33. The normalized spacial score (nSPS) is 11.2. The predicted molar refractivity (Wildman–Crippen MR) is 123 cm³/mol. The maximum absolute atomic E-state index is 12.6. The molecule has 0 aliphatic heterocycles. The lowest BCUT2D eigenvalue weighted by atomic mass is 10.0. The van der Waals surface area contributed by atoms with E-state index >= 15 is 0 Å². The number of nitrogens with one attached hydrogen (secondary N) is 2. The third-order valence-corrected chi connectivity index (χ3v) is 6.51. The zero-order valence-electron chi connectivity index (χ0n) is 16.6. The van der Waals surface area contributed by atoms with Gasteiger partial charge in [0.2, 0.25) is 15.9 Å². The van der Waals surface area contributed by atoms with Crippen LogP contribution in [0.3, 0.4) is 0 Å². The third kappa shape index (κ3) is 5.98. The Morgan fingerprint density at radius 3 is 2.42 bits per heavy atom. The van der Waals surface area contributed by atoms with E-state index in [1.165, 1.54) is 19.2 Å². The first kappa shape index (κ1) is 23.1. The van der Waals surface area contributed by atoms with Crippen molar-refractivity contribution in [3.05, 3.63) is 87.9 Å². The summed E-state index contributed by atoms with van der Waals surface area (Å²) >= 11 is 12.4. The van der Waals surface area contributed by atoms with Gasteiger partial charge < -0.3 is 10.1 Å². The van der Waals surface area contributed by atoms with E-state index in [0.29, 0.717) is 22.2 Å². The van der Waals surface area contributed by atoms with Crippen molar-refractivity contribution < 1.29 is 17.9 Å². The van der Waals surface area contributed by atoms with Gasteiger partial charge in [-0.3, -0.25) is 4.79 Å². The fourth-order valence-electron chi connectivity index (χ4n) is 2.95. The summed E-state index contributed by atoms with van der Waals surface area (Å²) in [6, 6.07) is 18.6. The lowest BCUT2D eigenvalue weighted by Gasteiger charge is -2.14. The number of para-hydroxylation sites is 1. The Bertz CT molecular complexity index is 1200. The molecule has 3 rings (SSSR count). The number of amides is 1. The number of carbonyl (C=O) groups is 1. The number of benzene rings is 3. The van der Waals surface area contributed by atoms with Gasteiger partial charge in [0.25, 0.3) is 0 Å². The van der Waals surface area contributed by atoms with E-state index in [0.717, 1.165) is 11.1 Å². The molecule has 0 saturated carbocycles. The van der Waals surface area contributed by atoms with Crippen molar-refractivity contribution in [2.24, 2.45) is 0 Å². The number of rotatable bonds is 8. The third-order valence-electron chi connectivity index (χ3n) is 4.46. The van der Waals surface area contributed by atoms with Crippen LogP contribution in [0.1, 0.15) is 11.1 Å². The van der Waals surface area contributed by atoms with Gasteiger partial charge in [0.1, 0.15) is 10.6 Å². The molecule has 0 fully saturated rings. The van der Waals surface area contributed by atoms with Gasteiger partial charge in [-0.05, 0) is 47.5 Å². The molecule has 3 aromatic rings. The predicted octanol–water partition coefficient (Wildman–Crippen LogP) is 4.51. The molecular formula is C22H20Cl2N2O4S. The SMILES string of the molecule is COc1ccccc1S(=O)(=O)NCC(=O)Nc1ccc(Cl)cc1Cc1ccccc1Cl. The summed E-state index contributed by atoms with van der Waals surface area (Å²) in [4.78, 5) is 12.4. The van der Waals surface area contributed by atoms with E-state index in [-0.39, 0.29) is 10.6 Å². The molecule has 162 valence electrons. The van der Waals surface area contributed by atoms with Gasteiger partial charge in [0, 0.05) is 22.2 Å². The standard InChI is InChI=1S/C22H20Cl2N2O4S/c1-30-20-8-4-5-9-21(20)31(28,29)25-14-22(27)26-19-11-10-17(23)13-16(19)12-15-6-2-3-7-18(15)24/h2-11,13,25H,12,14H2,1H3,(H,26,27). The molecule has 0 unspecified atom stereocenters. The average molecular weight is 479 g/mol. The molecule has 1 amide bonds. The second kappa shape index (κ2) is 10.2. The molecule has 0 atom stereocenters. The summed E-state index contributed by atoms with van der Waals surface area (Å²) in [6.07, 6.45) is 0.447. The first-order valence-electron chi connectivity index (χ1n) is 9.24. The summed E-state index contributed by atoms with van der Waals surface area (Å²) in [6.45, 7) is -0.450. The first-order valence-corrected chi connectivity index (χ1v) is 11.5. The minimum atomic E-state index is -3.94. The highest BCUT2D eigenvalue weighted by atomic mass is 35.5. The van der Waals surface area contributed by atoms with E-state index in [1.807, 2.05) is 18.2 Å². The molecule has 0 spiro atoms. The molecule has 9 heteroatoms. The Balaban J connectivity index is 1.73. The second-order valence-electron chi connectivity index (χ2n) is 6.59. The van der Waals surface area contributed by atoms with E-state index in [4.69, 9.17) is 27.9 Å². The summed E-state index contributed by atoms with van der Waals surface area (Å²) in [5, 5.41) is 3.84. The van der Waals surface area contributed by atoms with Gasteiger partial charge in [0.15, 0.2) is 0 Å². The van der Waals surface area contributed by atoms with Gasteiger partial charge in [-0.2, -0.15) is 0 Å². The van der Waals surface area contributed by atoms with E-state index in [2.05, 4.69) is 10.0 Å². The quantitative estimate of drug-likeness (QED) is 0.498. The number of halogens is 2. The number of methoxy groups -OCH3 is 1. The van der Waals surface area contributed by atoms with Gasteiger partial charge >= 0.3 is 0 Å². The average Bonchev–Trinajstić information content (AvgIpc) is 2.76. The maximum Gasteiger partial charge on any atom is 0.244 e. The summed E-state index contributed by atoms with van der Waals surface area (Å²) < 4.78 is 32.5. The number of carbonyl (C=O) groups excluding carboxylic acids is 1. The number of sulfonamides is 1. The molecular weight excluding hydrogens is 459 g/mol. The zero-order chi connectivity index (χ0) is 22.4. The minimum Gasteiger partial charge on any atom is -0.495 e. The fourth-order valence-corrected chi connectivity index (χ4v) is 4.50. The fraction of sp³-hybridized carbons (Fsp3) is 0.136. The summed E-state index contributed by atoms with van der Waals surface area (Å²) in [5.74, 6) is -0.337. The molecule has 0 radical (unpaired) electrons. The maximum atomic E-state index is 12.6. The number of ether oxygens (including phenoxy) is 1. The van der Waals surface area contributed by atoms with Crippen LogP contribution in [0.25, 0.3) is 0 Å². The van der Waals surface area contributed by atoms with Crippen molar-refractivity contribution in [2.75, 3.05) is 19.0 Å². The minimum absolute atomic E-state index is 0.0452. The molecule has 0 aliphatic rings. The topological polar surface area (TPSA) is 84.5 Å². The Hall–Kier alpha value is -2.58. The van der Waals surface area contributed by atoms with Crippen molar-refractivity contribution >= 4 is 44.8 Å². The smallest absolute Gasteiger partial charge is 0.244 e. The second-order valence-corrected chi connectivity index (χ2v) is 9.17. The Labute approximate surface area is 191 Å². The molecule has 0 heterocycles. The van der Waals surface area contributed by atoms with Crippen molar-refractivity contribution in [1.82, 2.24) is 4.72 Å². The van der Waals surface area contributed by atoms with Crippen LogP contribution in [0.5, 0.6) is 5.75 Å². The van der Waals surface area contributed by atoms with Crippen LogP contribution in [-0.2, 0) is 21.2 Å². The number of hydrogen-bond donors (Lipinski definition) is 2. The van der Waals surface area contributed by atoms with Crippen molar-refractivity contribution in [3.63, 3.8) is 0 Å². The lowest BCUT2D eigenvalue weighted by molar-refractivity contribution is -0.115. The van der Waals surface area contributed by atoms with E-state index in [1.54, 1.807) is 36.4 Å². The van der Waals surface area contributed by atoms with E-state index in [9.17, 15) is 13.2 Å². The van der Waals surface area contributed by atoms with Crippen LogP contribution >= 0.6 is 23.2 Å². The van der Waals surface area contributed by atoms with Gasteiger partial charge in [-0.25, -0.2) is 13.1 Å². The van der Waals surface area contributed by atoms with Crippen LogP contribution in [-0.4, -0.2) is 28.0 Å². The van der Waals surface area contributed by atoms with Crippen LogP contribution < -0.4 is 14.8 Å². The highest BCUT2D eigenvalue weighted by Crippen LogP contribution is 2.27. The molecule has 0 aromatic heterocycles. The molecule has 0 saturated heterocycles. The van der Waals surface area contributed by atoms with Gasteiger partial charge in [0.05, 0.1) is 13.7 Å². The van der Waals surface area contributed by atoms with Crippen molar-refractivity contribution in [3.8, 4) is 5.75 Å². The van der Waals surface area contributed by atoms with Crippen LogP contribution in [0.2, 0.25) is 10.0 Å². The van der Waals surface area contributed by atoms with Crippen molar-refractivity contribution in [2.45, 2.75) is 11.3 Å². The molecule has 6 nitrogen and oxygen atoms in total. The molecule has 3 aromatic carbocycles. The highest BCUT2D eigenvalue weighted by molar-refractivity contribution is 7.89. The number of anilines is 1. The monoisotopic (exact) mass is 478 g/mol. The van der Waals surface area contributed by atoms with E-state index < -0.39 is 22.5 Å². The molecule has 31 heavy (non-hydrogen) atoms. The first-order chi connectivity index (χ1) is 14.8. The van der Waals surface area contributed by atoms with Crippen LogP contribution in [0, 0.1) is 0 Å². The Morgan fingerprint density at radius 2 is 1.68 bits per heavy atom.